The summed E-state index contributed by atoms with van der Waals surface area (Å²) in [7, 11) is 1.85. The number of carbonyl (C=O) groups is 1. The SMILES string of the molecule is CN(Cc1cccs1)C(=O)c1ccc2c(c1)CCN2.Cl. The molecular weight excluding hydrogens is 292 g/mol. The zero-order valence-electron chi connectivity index (χ0n) is 11.3. The molecule has 106 valence electrons. The molecule has 1 aromatic carbocycles. The summed E-state index contributed by atoms with van der Waals surface area (Å²) in [5.74, 6) is 0.0862. The normalized spacial score (nSPS) is 12.2. The van der Waals surface area contributed by atoms with Gasteiger partial charge in [0, 0.05) is 29.7 Å². The van der Waals surface area contributed by atoms with Crippen LogP contribution in [0.4, 0.5) is 5.69 Å². The Morgan fingerprint density at radius 2 is 2.25 bits per heavy atom. The van der Waals surface area contributed by atoms with Gasteiger partial charge < -0.3 is 10.2 Å². The van der Waals surface area contributed by atoms with Crippen molar-refractivity contribution < 1.29 is 4.79 Å². The van der Waals surface area contributed by atoms with Gasteiger partial charge in [0.05, 0.1) is 6.54 Å². The van der Waals surface area contributed by atoms with Crippen LogP contribution in [0.1, 0.15) is 20.8 Å². The van der Waals surface area contributed by atoms with E-state index in [0.29, 0.717) is 6.54 Å². The van der Waals surface area contributed by atoms with Gasteiger partial charge in [0.2, 0.25) is 0 Å². The van der Waals surface area contributed by atoms with Gasteiger partial charge in [-0.2, -0.15) is 0 Å². The molecule has 1 aromatic heterocycles. The van der Waals surface area contributed by atoms with E-state index < -0.39 is 0 Å². The third kappa shape index (κ3) is 2.97. The van der Waals surface area contributed by atoms with Gasteiger partial charge >= 0.3 is 0 Å². The highest BCUT2D eigenvalue weighted by Crippen LogP contribution is 2.24. The third-order valence-corrected chi connectivity index (χ3v) is 4.24. The Kier molecular flexibility index (Phi) is 4.68. The average molecular weight is 309 g/mol. The first-order valence-electron chi connectivity index (χ1n) is 6.39. The summed E-state index contributed by atoms with van der Waals surface area (Å²) >= 11 is 1.68. The van der Waals surface area contributed by atoms with Crippen LogP contribution in [-0.4, -0.2) is 24.4 Å². The second kappa shape index (κ2) is 6.29. The van der Waals surface area contributed by atoms with E-state index in [9.17, 15) is 4.79 Å². The van der Waals surface area contributed by atoms with Crippen molar-refractivity contribution >= 4 is 35.3 Å². The summed E-state index contributed by atoms with van der Waals surface area (Å²) in [5, 5.41) is 5.35. The Balaban J connectivity index is 0.00000147. The predicted octanol–water partition coefficient (Wildman–Crippen LogP) is 3.41. The second-order valence-corrected chi connectivity index (χ2v) is 5.82. The minimum absolute atomic E-state index is 0. The summed E-state index contributed by atoms with van der Waals surface area (Å²) in [6.07, 6.45) is 1.01. The molecule has 0 bridgehead atoms. The number of hydrogen-bond acceptors (Lipinski definition) is 3. The lowest BCUT2D eigenvalue weighted by molar-refractivity contribution is 0.0786. The molecule has 0 atom stereocenters. The number of halogens is 1. The first kappa shape index (κ1) is 14.9. The van der Waals surface area contributed by atoms with E-state index in [1.54, 1.807) is 16.2 Å². The fourth-order valence-corrected chi connectivity index (χ4v) is 3.12. The first-order chi connectivity index (χ1) is 9.24. The van der Waals surface area contributed by atoms with E-state index in [-0.39, 0.29) is 18.3 Å². The predicted molar refractivity (Wildman–Crippen MR) is 86.0 cm³/mol. The van der Waals surface area contributed by atoms with Gasteiger partial charge in [0.15, 0.2) is 0 Å². The molecule has 0 spiro atoms. The Hall–Kier alpha value is -1.52. The lowest BCUT2D eigenvalue weighted by Crippen LogP contribution is -2.25. The summed E-state index contributed by atoms with van der Waals surface area (Å²) in [6, 6.07) is 10.0. The zero-order valence-corrected chi connectivity index (χ0v) is 12.9. The lowest BCUT2D eigenvalue weighted by atomic mass is 10.1. The monoisotopic (exact) mass is 308 g/mol. The second-order valence-electron chi connectivity index (χ2n) is 4.79. The average Bonchev–Trinajstić information content (AvgIpc) is 3.07. The molecule has 1 N–H and O–H groups in total. The number of thiophene rings is 1. The fourth-order valence-electron chi connectivity index (χ4n) is 2.37. The fraction of sp³-hybridized carbons (Fsp3) is 0.267. The number of fused-ring (bicyclic) bond motifs is 1. The van der Waals surface area contributed by atoms with Crippen LogP contribution in [0.2, 0.25) is 0 Å². The number of rotatable bonds is 3. The molecule has 1 aliphatic heterocycles. The van der Waals surface area contributed by atoms with Gasteiger partial charge in [0.1, 0.15) is 0 Å². The molecule has 3 rings (SSSR count). The van der Waals surface area contributed by atoms with E-state index in [0.717, 1.165) is 24.2 Å². The molecule has 2 heterocycles. The van der Waals surface area contributed by atoms with Crippen molar-refractivity contribution in [2.75, 3.05) is 18.9 Å². The quantitative estimate of drug-likeness (QED) is 0.942. The molecule has 0 fully saturated rings. The van der Waals surface area contributed by atoms with Gasteiger partial charge in [-0.15, -0.1) is 23.7 Å². The molecular formula is C15H17ClN2OS. The maximum absolute atomic E-state index is 12.4. The van der Waals surface area contributed by atoms with Crippen LogP contribution in [0.15, 0.2) is 35.7 Å². The van der Waals surface area contributed by atoms with E-state index in [2.05, 4.69) is 11.4 Å². The van der Waals surface area contributed by atoms with Crippen molar-refractivity contribution in [2.24, 2.45) is 0 Å². The number of nitrogens with zero attached hydrogens (tertiary/aromatic N) is 1. The van der Waals surface area contributed by atoms with Gasteiger partial charge in [-0.1, -0.05) is 6.07 Å². The number of anilines is 1. The van der Waals surface area contributed by atoms with Crippen LogP contribution in [0.3, 0.4) is 0 Å². The number of carbonyl (C=O) groups excluding carboxylic acids is 1. The third-order valence-electron chi connectivity index (χ3n) is 3.38. The summed E-state index contributed by atoms with van der Waals surface area (Å²) < 4.78 is 0. The smallest absolute Gasteiger partial charge is 0.253 e. The Labute approximate surface area is 129 Å². The van der Waals surface area contributed by atoms with E-state index in [4.69, 9.17) is 0 Å². The molecule has 3 nitrogen and oxygen atoms in total. The lowest BCUT2D eigenvalue weighted by Gasteiger charge is -2.16. The molecule has 0 unspecified atom stereocenters. The maximum Gasteiger partial charge on any atom is 0.253 e. The van der Waals surface area contributed by atoms with Crippen molar-refractivity contribution in [1.82, 2.24) is 4.90 Å². The highest BCUT2D eigenvalue weighted by molar-refractivity contribution is 7.09. The molecule has 1 aliphatic rings. The van der Waals surface area contributed by atoms with Crippen LogP contribution in [0.5, 0.6) is 0 Å². The van der Waals surface area contributed by atoms with Crippen LogP contribution >= 0.6 is 23.7 Å². The first-order valence-corrected chi connectivity index (χ1v) is 7.26. The summed E-state index contributed by atoms with van der Waals surface area (Å²) in [4.78, 5) is 15.4. The molecule has 20 heavy (non-hydrogen) atoms. The Morgan fingerprint density at radius 1 is 1.40 bits per heavy atom. The number of amides is 1. The van der Waals surface area contributed by atoms with Crippen LogP contribution < -0.4 is 5.32 Å². The van der Waals surface area contributed by atoms with Gasteiger partial charge in [-0.05, 0) is 41.6 Å². The van der Waals surface area contributed by atoms with Crippen molar-refractivity contribution in [3.63, 3.8) is 0 Å². The van der Waals surface area contributed by atoms with Gasteiger partial charge in [-0.25, -0.2) is 0 Å². The van der Waals surface area contributed by atoms with Crippen molar-refractivity contribution in [2.45, 2.75) is 13.0 Å². The highest BCUT2D eigenvalue weighted by Gasteiger charge is 2.16. The van der Waals surface area contributed by atoms with Crippen molar-refractivity contribution in [3.8, 4) is 0 Å². The van der Waals surface area contributed by atoms with Crippen molar-refractivity contribution in [3.05, 3.63) is 51.7 Å². The van der Waals surface area contributed by atoms with E-state index >= 15 is 0 Å². The minimum Gasteiger partial charge on any atom is -0.384 e. The van der Waals surface area contributed by atoms with E-state index in [1.807, 2.05) is 36.7 Å². The Bertz CT molecular complexity index is 598. The molecule has 0 saturated carbocycles. The molecule has 1 amide bonds. The standard InChI is InChI=1S/C15H16N2OS.ClH/c1-17(10-13-3-2-8-19-13)15(18)12-4-5-14-11(9-12)6-7-16-14;/h2-5,8-9,16H,6-7,10H2,1H3;1H. The Morgan fingerprint density at radius 3 is 3.00 bits per heavy atom. The van der Waals surface area contributed by atoms with Crippen LogP contribution in [0, 0.1) is 0 Å². The minimum atomic E-state index is 0. The molecule has 0 aliphatic carbocycles. The summed E-state index contributed by atoms with van der Waals surface area (Å²) in [5.41, 5.74) is 3.19. The van der Waals surface area contributed by atoms with Crippen molar-refractivity contribution in [1.29, 1.82) is 0 Å². The summed E-state index contributed by atoms with van der Waals surface area (Å²) in [6.45, 7) is 1.64. The van der Waals surface area contributed by atoms with Gasteiger partial charge in [-0.3, -0.25) is 4.79 Å². The van der Waals surface area contributed by atoms with Gasteiger partial charge in [0.25, 0.3) is 5.91 Å². The molecule has 0 saturated heterocycles. The molecule has 5 heteroatoms. The number of nitrogens with one attached hydrogen (secondary N) is 1. The largest absolute Gasteiger partial charge is 0.384 e. The van der Waals surface area contributed by atoms with E-state index in [1.165, 1.54) is 10.4 Å². The highest BCUT2D eigenvalue weighted by atomic mass is 35.5. The number of hydrogen-bond donors (Lipinski definition) is 1. The molecule has 0 radical (unpaired) electrons. The number of benzene rings is 1. The molecule has 2 aromatic rings. The maximum atomic E-state index is 12.4. The van der Waals surface area contributed by atoms with Crippen LogP contribution in [0.25, 0.3) is 0 Å². The van der Waals surface area contributed by atoms with Crippen LogP contribution in [-0.2, 0) is 13.0 Å². The zero-order chi connectivity index (χ0) is 13.2. The topological polar surface area (TPSA) is 32.3 Å².